The molecule has 0 atom stereocenters. The minimum atomic E-state index is 0.702. The van der Waals surface area contributed by atoms with Crippen molar-refractivity contribution >= 4 is 11.3 Å². The quantitative estimate of drug-likeness (QED) is 0.571. The summed E-state index contributed by atoms with van der Waals surface area (Å²) in [5, 5.41) is 0. The summed E-state index contributed by atoms with van der Waals surface area (Å²) < 4.78 is 12.8. The molecular formula is C20H18N4O2. The molecule has 0 aliphatic heterocycles. The summed E-state index contributed by atoms with van der Waals surface area (Å²) >= 11 is 0. The second-order valence-electron chi connectivity index (χ2n) is 5.87. The van der Waals surface area contributed by atoms with E-state index in [0.29, 0.717) is 5.69 Å². The Hall–Kier alpha value is -3.54. The van der Waals surface area contributed by atoms with E-state index in [1.54, 1.807) is 20.4 Å². The van der Waals surface area contributed by atoms with E-state index in [4.69, 9.17) is 15.2 Å². The monoisotopic (exact) mass is 346 g/mol. The topological polar surface area (TPSA) is 74.7 Å². The molecule has 0 saturated heterocycles. The Kier molecular flexibility index (Phi) is 3.93. The van der Waals surface area contributed by atoms with Gasteiger partial charge in [0.1, 0.15) is 11.5 Å². The fourth-order valence-electron chi connectivity index (χ4n) is 2.91. The van der Waals surface area contributed by atoms with Crippen molar-refractivity contribution in [3.05, 3.63) is 61.1 Å². The molecule has 0 amide bonds. The van der Waals surface area contributed by atoms with Crippen LogP contribution in [0.2, 0.25) is 0 Å². The fraction of sp³-hybridized carbons (Fsp3) is 0.100. The maximum Gasteiger partial charge on any atom is 0.155 e. The van der Waals surface area contributed by atoms with E-state index >= 15 is 0 Å². The molecule has 4 rings (SSSR count). The van der Waals surface area contributed by atoms with Gasteiger partial charge >= 0.3 is 0 Å². The highest BCUT2D eigenvalue weighted by molar-refractivity contribution is 5.69. The summed E-state index contributed by atoms with van der Waals surface area (Å²) in [4.78, 5) is 8.96. The molecule has 130 valence electrons. The zero-order valence-corrected chi connectivity index (χ0v) is 14.5. The Labute approximate surface area is 150 Å². The first-order chi connectivity index (χ1) is 12.7. The SMILES string of the molecule is COc1cc(OC)cc(-c2cnc3cnc(-c4cccc(N)c4)cn23)c1. The minimum Gasteiger partial charge on any atom is -0.497 e. The van der Waals surface area contributed by atoms with Gasteiger partial charge in [-0.15, -0.1) is 0 Å². The molecule has 2 heterocycles. The largest absolute Gasteiger partial charge is 0.497 e. The molecule has 0 saturated carbocycles. The first-order valence-corrected chi connectivity index (χ1v) is 8.10. The van der Waals surface area contributed by atoms with Crippen molar-refractivity contribution < 1.29 is 9.47 Å². The predicted octanol–water partition coefficient (Wildman–Crippen LogP) is 3.66. The highest BCUT2D eigenvalue weighted by Crippen LogP contribution is 2.31. The van der Waals surface area contributed by atoms with Gasteiger partial charge in [-0.1, -0.05) is 12.1 Å². The van der Waals surface area contributed by atoms with Gasteiger partial charge in [0.2, 0.25) is 0 Å². The van der Waals surface area contributed by atoms with Crippen molar-refractivity contribution in [1.29, 1.82) is 0 Å². The molecule has 2 aromatic heterocycles. The molecular weight excluding hydrogens is 328 g/mol. The Balaban J connectivity index is 1.88. The van der Waals surface area contributed by atoms with E-state index in [1.807, 2.05) is 59.3 Å². The van der Waals surface area contributed by atoms with Gasteiger partial charge in [0.05, 0.1) is 38.0 Å². The van der Waals surface area contributed by atoms with Crippen molar-refractivity contribution in [2.75, 3.05) is 20.0 Å². The molecule has 0 fully saturated rings. The van der Waals surface area contributed by atoms with Crippen LogP contribution >= 0.6 is 0 Å². The summed E-state index contributed by atoms with van der Waals surface area (Å²) in [6, 6.07) is 13.4. The maximum atomic E-state index is 5.90. The number of benzene rings is 2. The summed E-state index contributed by atoms with van der Waals surface area (Å²) in [5.74, 6) is 1.44. The van der Waals surface area contributed by atoms with Crippen LogP contribution in [0.5, 0.6) is 11.5 Å². The second kappa shape index (κ2) is 6.40. The predicted molar refractivity (Wildman–Crippen MR) is 101 cm³/mol. The van der Waals surface area contributed by atoms with E-state index in [2.05, 4.69) is 9.97 Å². The normalized spacial score (nSPS) is 10.8. The van der Waals surface area contributed by atoms with Gasteiger partial charge in [-0.25, -0.2) is 4.98 Å². The zero-order valence-electron chi connectivity index (χ0n) is 14.5. The standard InChI is InChI=1S/C20H18N4O2/c1-25-16-7-14(8-17(9-16)26-2)19-10-23-20-11-22-18(12-24(19)20)13-4-3-5-15(21)6-13/h3-12H,21H2,1-2H3. The van der Waals surface area contributed by atoms with E-state index in [9.17, 15) is 0 Å². The first-order valence-electron chi connectivity index (χ1n) is 8.10. The molecule has 0 aliphatic rings. The number of hydrogen-bond acceptors (Lipinski definition) is 5. The highest BCUT2D eigenvalue weighted by Gasteiger charge is 2.11. The molecule has 26 heavy (non-hydrogen) atoms. The van der Waals surface area contributed by atoms with Crippen LogP contribution in [0.3, 0.4) is 0 Å². The third-order valence-electron chi connectivity index (χ3n) is 4.23. The third kappa shape index (κ3) is 2.82. The molecule has 0 unspecified atom stereocenters. The smallest absolute Gasteiger partial charge is 0.155 e. The van der Waals surface area contributed by atoms with Crippen molar-refractivity contribution in [2.45, 2.75) is 0 Å². The van der Waals surface area contributed by atoms with Crippen molar-refractivity contribution in [1.82, 2.24) is 14.4 Å². The Bertz CT molecular complexity index is 1070. The van der Waals surface area contributed by atoms with E-state index in [1.165, 1.54) is 0 Å². The number of hydrogen-bond donors (Lipinski definition) is 1. The minimum absolute atomic E-state index is 0.702. The zero-order chi connectivity index (χ0) is 18.1. The lowest BCUT2D eigenvalue weighted by Crippen LogP contribution is -1.95. The van der Waals surface area contributed by atoms with Crippen LogP contribution in [0.25, 0.3) is 28.2 Å². The number of nitrogen functional groups attached to an aromatic ring is 1. The first kappa shape index (κ1) is 16.0. The highest BCUT2D eigenvalue weighted by atomic mass is 16.5. The molecule has 6 heteroatoms. The van der Waals surface area contributed by atoms with Gasteiger partial charge in [0.15, 0.2) is 5.65 Å². The van der Waals surface area contributed by atoms with Gasteiger partial charge in [0.25, 0.3) is 0 Å². The lowest BCUT2D eigenvalue weighted by Gasteiger charge is -2.09. The van der Waals surface area contributed by atoms with E-state index < -0.39 is 0 Å². The number of anilines is 1. The summed E-state index contributed by atoms with van der Waals surface area (Å²) in [7, 11) is 3.27. The number of nitrogens with zero attached hydrogens (tertiary/aromatic N) is 3. The summed E-state index contributed by atoms with van der Waals surface area (Å²) in [6.07, 6.45) is 5.52. The second-order valence-corrected chi connectivity index (χ2v) is 5.87. The van der Waals surface area contributed by atoms with Crippen LogP contribution in [0.1, 0.15) is 0 Å². The van der Waals surface area contributed by atoms with E-state index in [-0.39, 0.29) is 0 Å². The third-order valence-corrected chi connectivity index (χ3v) is 4.23. The van der Waals surface area contributed by atoms with Crippen LogP contribution in [-0.2, 0) is 0 Å². The number of rotatable bonds is 4. The van der Waals surface area contributed by atoms with Crippen molar-refractivity contribution in [2.24, 2.45) is 0 Å². The lowest BCUT2D eigenvalue weighted by atomic mass is 10.1. The molecule has 6 nitrogen and oxygen atoms in total. The van der Waals surface area contributed by atoms with Gasteiger partial charge in [0, 0.05) is 29.1 Å². The van der Waals surface area contributed by atoms with Crippen LogP contribution in [0.15, 0.2) is 61.1 Å². The van der Waals surface area contributed by atoms with Gasteiger partial charge in [-0.05, 0) is 24.3 Å². The van der Waals surface area contributed by atoms with Crippen LogP contribution in [-0.4, -0.2) is 28.6 Å². The van der Waals surface area contributed by atoms with Gasteiger partial charge in [-0.3, -0.25) is 9.38 Å². The Morgan fingerprint density at radius 2 is 1.65 bits per heavy atom. The van der Waals surface area contributed by atoms with Crippen molar-refractivity contribution in [3.8, 4) is 34.0 Å². The number of fused-ring (bicyclic) bond motifs is 1. The lowest BCUT2D eigenvalue weighted by molar-refractivity contribution is 0.394. The average Bonchev–Trinajstić information content (AvgIpc) is 3.10. The number of ether oxygens (including phenoxy) is 2. The van der Waals surface area contributed by atoms with Crippen LogP contribution < -0.4 is 15.2 Å². The summed E-state index contributed by atoms with van der Waals surface area (Å²) in [5.41, 5.74) is 11.0. The molecule has 0 radical (unpaired) electrons. The maximum absolute atomic E-state index is 5.90. The van der Waals surface area contributed by atoms with Crippen LogP contribution in [0.4, 0.5) is 5.69 Å². The Morgan fingerprint density at radius 1 is 0.885 bits per heavy atom. The number of nitrogens with two attached hydrogens (primary N) is 1. The molecule has 0 bridgehead atoms. The summed E-state index contributed by atoms with van der Waals surface area (Å²) in [6.45, 7) is 0. The number of methoxy groups -OCH3 is 2. The van der Waals surface area contributed by atoms with Crippen molar-refractivity contribution in [3.63, 3.8) is 0 Å². The Morgan fingerprint density at radius 3 is 2.35 bits per heavy atom. The molecule has 2 N–H and O–H groups in total. The average molecular weight is 346 g/mol. The fourth-order valence-corrected chi connectivity index (χ4v) is 2.91. The molecule has 2 aromatic carbocycles. The van der Waals surface area contributed by atoms with Gasteiger partial charge in [-0.2, -0.15) is 0 Å². The molecule has 4 aromatic rings. The molecule has 0 aliphatic carbocycles. The number of imidazole rings is 1. The molecule has 0 spiro atoms. The van der Waals surface area contributed by atoms with Gasteiger partial charge < -0.3 is 15.2 Å². The van der Waals surface area contributed by atoms with E-state index in [0.717, 1.165) is 39.7 Å². The number of aromatic nitrogens is 3. The van der Waals surface area contributed by atoms with Crippen LogP contribution in [0, 0.1) is 0 Å².